The van der Waals surface area contributed by atoms with Crippen molar-refractivity contribution >= 4 is 47.6 Å². The highest BCUT2D eigenvalue weighted by atomic mass is 32.3. The minimum atomic E-state index is 1.39. The lowest BCUT2D eigenvalue weighted by Gasteiger charge is -2.12. The van der Waals surface area contributed by atoms with Crippen LogP contribution in [0.25, 0.3) is 0 Å². The summed E-state index contributed by atoms with van der Waals surface area (Å²) in [6.45, 7) is 8.70. The van der Waals surface area contributed by atoms with Gasteiger partial charge in [0.2, 0.25) is 0 Å². The average Bonchev–Trinajstić information content (AvgIpc) is 2.44. The van der Waals surface area contributed by atoms with Gasteiger partial charge in [0.25, 0.3) is 0 Å². The van der Waals surface area contributed by atoms with Crippen molar-refractivity contribution in [3.63, 3.8) is 0 Å². The molecule has 0 atom stereocenters. The van der Waals surface area contributed by atoms with Crippen LogP contribution in [0.15, 0.2) is 19.6 Å². The molecule has 5 heteroatoms. The predicted octanol–water partition coefficient (Wildman–Crippen LogP) is 5.11. The third-order valence-corrected chi connectivity index (χ3v) is 6.64. The van der Waals surface area contributed by atoms with Crippen molar-refractivity contribution < 1.29 is 0 Å². The molecule has 0 bridgehead atoms. The lowest BCUT2D eigenvalue weighted by Crippen LogP contribution is -1.89. The zero-order valence-electron chi connectivity index (χ0n) is 9.08. The maximum Gasteiger partial charge on any atom is 0.00979 e. The van der Waals surface area contributed by atoms with Crippen LogP contribution in [0.5, 0.6) is 0 Å². The third kappa shape index (κ3) is 3.45. The molecule has 1 aliphatic rings. The minimum absolute atomic E-state index is 1.39. The van der Waals surface area contributed by atoms with Gasteiger partial charge in [-0.1, -0.05) is 0 Å². The second kappa shape index (κ2) is 5.80. The predicted molar refractivity (Wildman–Crippen MR) is 74.9 cm³/mol. The monoisotopic (exact) mass is 265 g/mol. The average molecular weight is 265 g/mol. The van der Waals surface area contributed by atoms with Gasteiger partial charge in [-0.2, -0.15) is 0 Å². The van der Waals surface area contributed by atoms with Crippen LogP contribution in [0.4, 0.5) is 0 Å². The van der Waals surface area contributed by atoms with Gasteiger partial charge in [0.05, 0.1) is 0 Å². The lowest BCUT2D eigenvalue weighted by atomic mass is 10.6. The molecule has 80 valence electrons. The van der Waals surface area contributed by atoms with Crippen molar-refractivity contribution in [2.75, 3.05) is 6.26 Å². The van der Waals surface area contributed by atoms with Gasteiger partial charge in [0, 0.05) is 14.7 Å². The molecule has 0 aromatic heterocycles. The van der Waals surface area contributed by atoms with Crippen molar-refractivity contribution in [2.45, 2.75) is 27.7 Å². The largest absolute Gasteiger partial charge is 0.133 e. The Morgan fingerprint density at radius 1 is 1.07 bits per heavy atom. The van der Waals surface area contributed by atoms with E-state index in [-0.39, 0.29) is 0 Å². The van der Waals surface area contributed by atoms with Crippen LogP contribution in [0.2, 0.25) is 0 Å². The van der Waals surface area contributed by atoms with E-state index in [0.717, 1.165) is 0 Å². The van der Waals surface area contributed by atoms with E-state index >= 15 is 0 Å². The molecule has 0 aromatic rings. The summed E-state index contributed by atoms with van der Waals surface area (Å²) in [6.07, 6.45) is 2.12. The molecule has 0 fully saturated rings. The topological polar surface area (TPSA) is 3.24 Å². The zero-order valence-corrected chi connectivity index (χ0v) is 12.3. The first-order valence-electron chi connectivity index (χ1n) is 4.27. The number of allylic oxidation sites excluding steroid dienone is 4. The van der Waals surface area contributed by atoms with E-state index in [9.17, 15) is 0 Å². The molecule has 1 aliphatic heterocycles. The van der Waals surface area contributed by atoms with Crippen molar-refractivity contribution in [2.24, 2.45) is 0 Å². The molecule has 0 aromatic carbocycles. The highest BCUT2D eigenvalue weighted by Crippen LogP contribution is 2.50. The fourth-order valence-corrected chi connectivity index (χ4v) is 5.12. The van der Waals surface area contributed by atoms with Gasteiger partial charge in [0.1, 0.15) is 0 Å². The number of hydrogen-bond acceptors (Lipinski definition) is 5. The second-order valence-corrected chi connectivity index (χ2v) is 8.12. The summed E-state index contributed by atoms with van der Waals surface area (Å²) >= 11 is 7.29. The van der Waals surface area contributed by atoms with Crippen molar-refractivity contribution in [1.82, 2.24) is 3.12 Å². The molecular formula is C9H15NS4. The number of nitrogens with zero attached hydrogens (tertiary/aromatic N) is 1. The van der Waals surface area contributed by atoms with Crippen LogP contribution in [-0.2, 0) is 0 Å². The zero-order chi connectivity index (χ0) is 10.7. The smallest absolute Gasteiger partial charge is 0.00979 e. The molecule has 1 nitrogen and oxygen atoms in total. The summed E-state index contributed by atoms with van der Waals surface area (Å²) in [6, 6.07) is 0. The van der Waals surface area contributed by atoms with Crippen LogP contribution in [-0.4, -0.2) is 9.37 Å². The number of rotatable bonds is 3. The number of hydrogen-bond donors (Lipinski definition) is 0. The first-order valence-corrected chi connectivity index (χ1v) is 7.82. The van der Waals surface area contributed by atoms with E-state index in [0.29, 0.717) is 0 Å². The molecule has 0 saturated carbocycles. The lowest BCUT2D eigenvalue weighted by molar-refractivity contribution is 1.30. The summed E-state index contributed by atoms with van der Waals surface area (Å²) in [5.41, 5.74) is 0. The van der Waals surface area contributed by atoms with Gasteiger partial charge < -0.3 is 0 Å². The van der Waals surface area contributed by atoms with Crippen molar-refractivity contribution in [3.05, 3.63) is 19.6 Å². The summed E-state index contributed by atoms with van der Waals surface area (Å²) < 4.78 is 2.26. The maximum atomic E-state index is 2.26. The van der Waals surface area contributed by atoms with E-state index in [4.69, 9.17) is 0 Å². The highest BCUT2D eigenvalue weighted by molar-refractivity contribution is 8.31. The van der Waals surface area contributed by atoms with Gasteiger partial charge in [-0.25, -0.2) is 0 Å². The Labute approximate surface area is 104 Å². The standard InChI is InChI=1S/C9H15NS4/c1-6(11-5)7(2)12-10-13-8(3)9(4)14-10/h1-5H3/b7-6-. The molecule has 0 saturated heterocycles. The van der Waals surface area contributed by atoms with Crippen molar-refractivity contribution in [3.8, 4) is 0 Å². The maximum absolute atomic E-state index is 2.26. The van der Waals surface area contributed by atoms with Gasteiger partial charge in [-0.05, 0) is 74.7 Å². The molecule has 0 spiro atoms. The Morgan fingerprint density at radius 2 is 1.57 bits per heavy atom. The van der Waals surface area contributed by atoms with E-state index in [2.05, 4.69) is 37.1 Å². The SMILES string of the molecule is CS/C(C)=C(/C)SN1SC(C)=C(C)S1. The van der Waals surface area contributed by atoms with Crippen LogP contribution < -0.4 is 0 Å². The molecule has 0 amide bonds. The Balaban J connectivity index is 2.50. The number of thioether (sulfide) groups is 1. The van der Waals surface area contributed by atoms with Crippen LogP contribution >= 0.6 is 47.6 Å². The Morgan fingerprint density at radius 3 is 2.00 bits per heavy atom. The van der Waals surface area contributed by atoms with E-state index in [1.165, 1.54) is 19.6 Å². The molecule has 0 N–H and O–H groups in total. The molecule has 14 heavy (non-hydrogen) atoms. The summed E-state index contributed by atoms with van der Waals surface area (Å²) in [4.78, 5) is 5.62. The fourth-order valence-electron chi connectivity index (χ4n) is 0.728. The first kappa shape index (κ1) is 12.9. The quantitative estimate of drug-likeness (QED) is 0.650. The Kier molecular flexibility index (Phi) is 5.34. The van der Waals surface area contributed by atoms with E-state index in [1.54, 1.807) is 0 Å². The van der Waals surface area contributed by atoms with E-state index in [1.807, 2.05) is 47.6 Å². The van der Waals surface area contributed by atoms with Crippen LogP contribution in [0.1, 0.15) is 27.7 Å². The molecule has 1 rings (SSSR count). The first-order chi connectivity index (χ1) is 6.54. The molecule has 0 radical (unpaired) electrons. The Bertz CT molecular complexity index is 269. The third-order valence-electron chi connectivity index (χ3n) is 1.93. The molecular weight excluding hydrogens is 250 g/mol. The Hall–Kier alpha value is 0.840. The van der Waals surface area contributed by atoms with Crippen LogP contribution in [0, 0.1) is 0 Å². The summed E-state index contributed by atoms with van der Waals surface area (Å²) in [5, 5.41) is 0. The summed E-state index contributed by atoms with van der Waals surface area (Å²) in [7, 11) is 0. The highest BCUT2D eigenvalue weighted by Gasteiger charge is 2.20. The fraction of sp³-hybridized carbons (Fsp3) is 0.556. The van der Waals surface area contributed by atoms with Gasteiger partial charge >= 0.3 is 0 Å². The second-order valence-electron chi connectivity index (χ2n) is 2.93. The van der Waals surface area contributed by atoms with Gasteiger partial charge in [0.15, 0.2) is 0 Å². The normalized spacial score (nSPS) is 20.4. The minimum Gasteiger partial charge on any atom is -0.133 e. The molecule has 1 heterocycles. The van der Waals surface area contributed by atoms with E-state index < -0.39 is 0 Å². The van der Waals surface area contributed by atoms with Gasteiger partial charge in [-0.3, -0.25) is 0 Å². The molecule has 0 unspecified atom stereocenters. The van der Waals surface area contributed by atoms with Gasteiger partial charge in [-0.15, -0.1) is 14.9 Å². The molecule has 0 aliphatic carbocycles. The van der Waals surface area contributed by atoms with Crippen molar-refractivity contribution in [1.29, 1.82) is 0 Å². The van der Waals surface area contributed by atoms with Crippen LogP contribution in [0.3, 0.4) is 0 Å². The summed E-state index contributed by atoms with van der Waals surface area (Å²) in [5.74, 6) is 0.